The summed E-state index contributed by atoms with van der Waals surface area (Å²) in [5, 5.41) is 7.66. The molecule has 1 atom stereocenters. The van der Waals surface area contributed by atoms with Gasteiger partial charge < -0.3 is 10.2 Å². The Labute approximate surface area is 108 Å². The van der Waals surface area contributed by atoms with Crippen molar-refractivity contribution < 1.29 is 4.79 Å². The zero-order valence-corrected chi connectivity index (χ0v) is 11.4. The van der Waals surface area contributed by atoms with Gasteiger partial charge in [-0.2, -0.15) is 5.10 Å². The van der Waals surface area contributed by atoms with Crippen LogP contribution in [0.5, 0.6) is 0 Å². The van der Waals surface area contributed by atoms with E-state index in [-0.39, 0.29) is 5.91 Å². The summed E-state index contributed by atoms with van der Waals surface area (Å²) in [6.45, 7) is 6.62. The summed E-state index contributed by atoms with van der Waals surface area (Å²) in [6, 6.07) is 2.29. The van der Waals surface area contributed by atoms with Crippen LogP contribution in [-0.4, -0.2) is 46.3 Å². The number of rotatable bonds is 3. The van der Waals surface area contributed by atoms with Crippen molar-refractivity contribution in [2.75, 3.05) is 19.6 Å². The Morgan fingerprint density at radius 3 is 3.00 bits per heavy atom. The van der Waals surface area contributed by atoms with Crippen LogP contribution in [0.3, 0.4) is 0 Å². The van der Waals surface area contributed by atoms with E-state index in [0.29, 0.717) is 11.7 Å². The zero-order chi connectivity index (χ0) is 13.1. The van der Waals surface area contributed by atoms with Gasteiger partial charge in [-0.25, -0.2) is 0 Å². The fourth-order valence-corrected chi connectivity index (χ4v) is 2.59. The lowest BCUT2D eigenvalue weighted by Crippen LogP contribution is -2.48. The monoisotopic (exact) mass is 250 g/mol. The second-order valence-corrected chi connectivity index (χ2v) is 4.94. The molecule has 0 aromatic carbocycles. The number of nitrogens with zero attached hydrogens (tertiary/aromatic N) is 3. The van der Waals surface area contributed by atoms with Gasteiger partial charge in [-0.05, 0) is 32.4 Å². The first-order valence-electron chi connectivity index (χ1n) is 6.65. The van der Waals surface area contributed by atoms with Crippen LogP contribution in [0.2, 0.25) is 0 Å². The Kier molecular flexibility index (Phi) is 4.01. The number of aromatic nitrogens is 2. The maximum atomic E-state index is 12.4. The topological polar surface area (TPSA) is 50.2 Å². The molecule has 2 heterocycles. The summed E-state index contributed by atoms with van der Waals surface area (Å²) in [5.74, 6) is 0.0979. The first-order valence-corrected chi connectivity index (χ1v) is 6.65. The smallest absolute Gasteiger partial charge is 0.272 e. The molecule has 1 unspecified atom stereocenters. The van der Waals surface area contributed by atoms with Crippen LogP contribution in [0, 0.1) is 6.92 Å². The van der Waals surface area contributed by atoms with Gasteiger partial charge in [0.05, 0.1) is 5.69 Å². The van der Waals surface area contributed by atoms with Crippen molar-refractivity contribution in [3.8, 4) is 0 Å². The van der Waals surface area contributed by atoms with Gasteiger partial charge in [0.2, 0.25) is 0 Å². The first-order chi connectivity index (χ1) is 8.61. The zero-order valence-electron chi connectivity index (χ0n) is 11.4. The molecule has 0 spiro atoms. The van der Waals surface area contributed by atoms with Gasteiger partial charge in [0, 0.05) is 26.2 Å². The normalized spacial score (nSPS) is 20.2. The number of hydrogen-bond acceptors (Lipinski definition) is 3. The summed E-state index contributed by atoms with van der Waals surface area (Å²) in [7, 11) is 1.83. The lowest BCUT2D eigenvalue weighted by Gasteiger charge is -2.33. The predicted molar refractivity (Wildman–Crippen MR) is 70.5 cm³/mol. The average molecular weight is 250 g/mol. The third-order valence-electron chi connectivity index (χ3n) is 3.42. The maximum absolute atomic E-state index is 12.4. The van der Waals surface area contributed by atoms with E-state index in [4.69, 9.17) is 0 Å². The fraction of sp³-hybridized carbons (Fsp3) is 0.692. The number of aryl methyl sites for hydroxylation is 2. The van der Waals surface area contributed by atoms with Crippen LogP contribution in [0.15, 0.2) is 6.07 Å². The number of carbonyl (C=O) groups is 1. The molecule has 18 heavy (non-hydrogen) atoms. The minimum atomic E-state index is 0.0979. The van der Waals surface area contributed by atoms with Gasteiger partial charge in [-0.15, -0.1) is 0 Å². The van der Waals surface area contributed by atoms with E-state index in [1.165, 1.54) is 0 Å². The van der Waals surface area contributed by atoms with Gasteiger partial charge in [-0.3, -0.25) is 9.48 Å². The van der Waals surface area contributed by atoms with Crippen LogP contribution in [-0.2, 0) is 7.05 Å². The molecule has 100 valence electrons. The SMILES string of the molecule is CCNC1CCCN(C(=O)c2cc(C)nn2C)C1. The number of hydrogen-bond donors (Lipinski definition) is 1. The molecule has 1 fully saturated rings. The number of likely N-dealkylation sites (N-methyl/N-ethyl adjacent to an activating group) is 1. The van der Waals surface area contributed by atoms with Gasteiger partial charge in [0.1, 0.15) is 5.69 Å². The second-order valence-electron chi connectivity index (χ2n) is 4.94. The molecule has 1 aliphatic heterocycles. The molecule has 0 bridgehead atoms. The molecule has 1 amide bonds. The van der Waals surface area contributed by atoms with E-state index in [0.717, 1.165) is 38.2 Å². The van der Waals surface area contributed by atoms with E-state index in [2.05, 4.69) is 17.3 Å². The Balaban J connectivity index is 2.06. The van der Waals surface area contributed by atoms with Crippen molar-refractivity contribution in [2.24, 2.45) is 7.05 Å². The highest BCUT2D eigenvalue weighted by atomic mass is 16.2. The fourth-order valence-electron chi connectivity index (χ4n) is 2.59. The van der Waals surface area contributed by atoms with E-state index < -0.39 is 0 Å². The summed E-state index contributed by atoms with van der Waals surface area (Å²) < 4.78 is 1.68. The van der Waals surface area contributed by atoms with Crippen molar-refractivity contribution in [3.63, 3.8) is 0 Å². The summed E-state index contributed by atoms with van der Waals surface area (Å²) in [5.41, 5.74) is 1.57. The van der Waals surface area contributed by atoms with Crippen LogP contribution >= 0.6 is 0 Å². The lowest BCUT2D eigenvalue weighted by atomic mass is 10.1. The largest absolute Gasteiger partial charge is 0.336 e. The molecular formula is C13H22N4O. The molecule has 0 aliphatic carbocycles. The Morgan fingerprint density at radius 1 is 1.61 bits per heavy atom. The lowest BCUT2D eigenvalue weighted by molar-refractivity contribution is 0.0684. The molecule has 2 rings (SSSR count). The highest BCUT2D eigenvalue weighted by Gasteiger charge is 2.25. The molecule has 5 nitrogen and oxygen atoms in total. The molecule has 1 saturated heterocycles. The molecule has 0 saturated carbocycles. The molecular weight excluding hydrogens is 228 g/mol. The molecule has 5 heteroatoms. The van der Waals surface area contributed by atoms with Crippen molar-refractivity contribution in [3.05, 3.63) is 17.5 Å². The van der Waals surface area contributed by atoms with Crippen LogP contribution in [0.25, 0.3) is 0 Å². The summed E-state index contributed by atoms with van der Waals surface area (Å²) >= 11 is 0. The van der Waals surface area contributed by atoms with E-state index in [1.54, 1.807) is 4.68 Å². The number of amides is 1. The van der Waals surface area contributed by atoms with Gasteiger partial charge >= 0.3 is 0 Å². The third-order valence-corrected chi connectivity index (χ3v) is 3.42. The van der Waals surface area contributed by atoms with E-state index in [9.17, 15) is 4.79 Å². The maximum Gasteiger partial charge on any atom is 0.272 e. The van der Waals surface area contributed by atoms with Gasteiger partial charge in [0.25, 0.3) is 5.91 Å². The second kappa shape index (κ2) is 5.52. The van der Waals surface area contributed by atoms with Crippen LogP contribution in [0.4, 0.5) is 0 Å². The van der Waals surface area contributed by atoms with Crippen molar-refractivity contribution in [1.82, 2.24) is 20.0 Å². The Morgan fingerprint density at radius 2 is 2.39 bits per heavy atom. The molecule has 1 aliphatic rings. The Hall–Kier alpha value is -1.36. The van der Waals surface area contributed by atoms with Gasteiger partial charge in [-0.1, -0.05) is 6.92 Å². The van der Waals surface area contributed by atoms with Gasteiger partial charge in [0.15, 0.2) is 0 Å². The standard InChI is InChI=1S/C13H22N4O/c1-4-14-11-6-5-7-17(9-11)13(18)12-8-10(2)15-16(12)3/h8,11,14H,4-7,9H2,1-3H3. The highest BCUT2D eigenvalue weighted by molar-refractivity contribution is 5.92. The predicted octanol–water partition coefficient (Wildman–Crippen LogP) is 0.943. The quantitative estimate of drug-likeness (QED) is 0.868. The highest BCUT2D eigenvalue weighted by Crippen LogP contribution is 2.14. The van der Waals surface area contributed by atoms with E-state index >= 15 is 0 Å². The van der Waals surface area contributed by atoms with Crippen LogP contribution in [0.1, 0.15) is 35.9 Å². The summed E-state index contributed by atoms with van der Waals surface area (Å²) in [4.78, 5) is 14.4. The molecule has 1 N–H and O–H groups in total. The third kappa shape index (κ3) is 2.72. The van der Waals surface area contributed by atoms with E-state index in [1.807, 2.05) is 24.9 Å². The van der Waals surface area contributed by atoms with Crippen molar-refractivity contribution in [1.29, 1.82) is 0 Å². The molecule has 1 aromatic rings. The first kappa shape index (κ1) is 13.1. The van der Waals surface area contributed by atoms with Crippen molar-refractivity contribution >= 4 is 5.91 Å². The Bertz CT molecular complexity index is 425. The number of piperidine rings is 1. The summed E-state index contributed by atoms with van der Waals surface area (Å²) in [6.07, 6.45) is 2.22. The van der Waals surface area contributed by atoms with Crippen LogP contribution < -0.4 is 5.32 Å². The number of likely N-dealkylation sites (tertiary alicyclic amines) is 1. The number of nitrogens with one attached hydrogen (secondary N) is 1. The number of carbonyl (C=O) groups excluding carboxylic acids is 1. The molecule has 0 radical (unpaired) electrons. The average Bonchev–Trinajstić information content (AvgIpc) is 2.68. The minimum Gasteiger partial charge on any atom is -0.336 e. The molecule has 1 aromatic heterocycles. The van der Waals surface area contributed by atoms with Crippen molar-refractivity contribution in [2.45, 2.75) is 32.7 Å². The minimum absolute atomic E-state index is 0.0979.